The summed E-state index contributed by atoms with van der Waals surface area (Å²) in [5, 5.41) is 2.91. The highest BCUT2D eigenvalue weighted by atomic mass is 16.1. The number of carbonyl (C=O) groups excluding carboxylic acids is 1. The SMILES string of the molecule is C=C(C)C(=O)NCCCc1ccc(C2CCC(CCCCCCC)CC2)cc1. The van der Waals surface area contributed by atoms with Crippen molar-refractivity contribution < 1.29 is 4.79 Å². The van der Waals surface area contributed by atoms with Crippen LogP contribution in [-0.2, 0) is 11.2 Å². The number of hydrogen-bond acceptors (Lipinski definition) is 1. The van der Waals surface area contributed by atoms with E-state index in [1.807, 2.05) is 0 Å². The van der Waals surface area contributed by atoms with Crippen LogP contribution in [0.4, 0.5) is 0 Å². The summed E-state index contributed by atoms with van der Waals surface area (Å²) in [5.74, 6) is 1.71. The molecule has 2 nitrogen and oxygen atoms in total. The molecule has 0 aliphatic heterocycles. The molecule has 1 aromatic rings. The summed E-state index contributed by atoms with van der Waals surface area (Å²) < 4.78 is 0. The van der Waals surface area contributed by atoms with Crippen LogP contribution in [0.3, 0.4) is 0 Å². The fourth-order valence-electron chi connectivity index (χ4n) is 4.42. The fourth-order valence-corrected chi connectivity index (χ4v) is 4.42. The molecule has 0 aromatic heterocycles. The van der Waals surface area contributed by atoms with Gasteiger partial charge in [0.05, 0.1) is 0 Å². The van der Waals surface area contributed by atoms with Crippen LogP contribution in [0.5, 0.6) is 0 Å². The lowest BCUT2D eigenvalue weighted by Crippen LogP contribution is -2.24. The monoisotopic (exact) mass is 383 g/mol. The molecular formula is C26H41NO. The van der Waals surface area contributed by atoms with Crippen LogP contribution in [-0.4, -0.2) is 12.5 Å². The molecule has 1 aliphatic rings. The van der Waals surface area contributed by atoms with Crippen molar-refractivity contribution in [3.8, 4) is 0 Å². The molecule has 0 spiro atoms. The van der Waals surface area contributed by atoms with Crippen molar-refractivity contribution in [3.63, 3.8) is 0 Å². The van der Waals surface area contributed by atoms with Gasteiger partial charge in [-0.3, -0.25) is 4.79 Å². The average molecular weight is 384 g/mol. The number of carbonyl (C=O) groups is 1. The standard InChI is InChI=1S/C26H41NO/c1-4-5-6-7-8-10-22-12-16-24(17-13-22)25-18-14-23(15-19-25)11-9-20-27-26(28)21(2)3/h14-15,18-19,22,24H,2,4-13,16-17,20H2,1,3H3,(H,27,28). The smallest absolute Gasteiger partial charge is 0.246 e. The summed E-state index contributed by atoms with van der Waals surface area (Å²) >= 11 is 0. The first kappa shape index (κ1) is 22.7. The first-order valence-electron chi connectivity index (χ1n) is 11.6. The zero-order valence-electron chi connectivity index (χ0n) is 18.3. The largest absolute Gasteiger partial charge is 0.352 e. The molecule has 0 atom stereocenters. The number of unbranched alkanes of at least 4 members (excludes halogenated alkanes) is 4. The highest BCUT2D eigenvalue weighted by Gasteiger charge is 2.21. The predicted molar refractivity (Wildman–Crippen MR) is 121 cm³/mol. The highest BCUT2D eigenvalue weighted by Crippen LogP contribution is 2.37. The van der Waals surface area contributed by atoms with Crippen molar-refractivity contribution in [3.05, 3.63) is 47.5 Å². The Hall–Kier alpha value is -1.57. The van der Waals surface area contributed by atoms with E-state index in [1.54, 1.807) is 6.92 Å². The Morgan fingerprint density at radius 1 is 1.00 bits per heavy atom. The minimum Gasteiger partial charge on any atom is -0.352 e. The third-order valence-corrected chi connectivity index (χ3v) is 6.33. The van der Waals surface area contributed by atoms with Gasteiger partial charge >= 0.3 is 0 Å². The van der Waals surface area contributed by atoms with E-state index in [9.17, 15) is 4.79 Å². The molecule has 28 heavy (non-hydrogen) atoms. The Kier molecular flexibility index (Phi) is 10.4. The van der Waals surface area contributed by atoms with Gasteiger partial charge in [0.1, 0.15) is 0 Å². The van der Waals surface area contributed by atoms with Gasteiger partial charge in [-0.25, -0.2) is 0 Å². The zero-order chi connectivity index (χ0) is 20.2. The molecule has 2 heteroatoms. The lowest BCUT2D eigenvalue weighted by Gasteiger charge is -2.29. The van der Waals surface area contributed by atoms with Crippen LogP contribution < -0.4 is 5.32 Å². The second-order valence-corrected chi connectivity index (χ2v) is 8.80. The van der Waals surface area contributed by atoms with E-state index in [1.165, 1.54) is 75.3 Å². The Bertz CT molecular complexity index is 581. The fraction of sp³-hybridized carbons (Fsp3) is 0.654. The van der Waals surface area contributed by atoms with Gasteiger partial charge in [-0.2, -0.15) is 0 Å². The average Bonchev–Trinajstić information content (AvgIpc) is 2.72. The van der Waals surface area contributed by atoms with Gasteiger partial charge in [0.25, 0.3) is 0 Å². The minimum absolute atomic E-state index is 0.0353. The number of hydrogen-bond donors (Lipinski definition) is 1. The van der Waals surface area contributed by atoms with Crippen molar-refractivity contribution in [1.29, 1.82) is 0 Å². The second kappa shape index (κ2) is 12.8. The molecule has 1 aliphatic carbocycles. The van der Waals surface area contributed by atoms with E-state index in [2.05, 4.69) is 43.1 Å². The molecule has 1 fully saturated rings. The quantitative estimate of drug-likeness (QED) is 0.307. The topological polar surface area (TPSA) is 29.1 Å². The van der Waals surface area contributed by atoms with E-state index in [-0.39, 0.29) is 5.91 Å². The lowest BCUT2D eigenvalue weighted by molar-refractivity contribution is -0.117. The molecule has 0 bridgehead atoms. The molecule has 0 saturated heterocycles. The first-order valence-corrected chi connectivity index (χ1v) is 11.6. The third-order valence-electron chi connectivity index (χ3n) is 6.33. The van der Waals surface area contributed by atoms with Crippen LogP contribution in [0.2, 0.25) is 0 Å². The Morgan fingerprint density at radius 3 is 2.32 bits per heavy atom. The van der Waals surface area contributed by atoms with Crippen LogP contribution in [0.1, 0.15) is 102 Å². The molecule has 1 N–H and O–H groups in total. The third kappa shape index (κ3) is 8.20. The Morgan fingerprint density at radius 2 is 1.68 bits per heavy atom. The van der Waals surface area contributed by atoms with Gasteiger partial charge in [-0.15, -0.1) is 0 Å². The van der Waals surface area contributed by atoms with E-state index < -0.39 is 0 Å². The Balaban J connectivity index is 1.64. The lowest BCUT2D eigenvalue weighted by atomic mass is 9.77. The zero-order valence-corrected chi connectivity index (χ0v) is 18.3. The summed E-state index contributed by atoms with van der Waals surface area (Å²) in [7, 11) is 0. The molecule has 0 radical (unpaired) electrons. The van der Waals surface area contributed by atoms with Crippen molar-refractivity contribution in [2.75, 3.05) is 6.54 Å². The number of benzene rings is 1. The van der Waals surface area contributed by atoms with Crippen molar-refractivity contribution in [2.24, 2.45) is 5.92 Å². The van der Waals surface area contributed by atoms with Crippen molar-refractivity contribution in [1.82, 2.24) is 5.32 Å². The molecule has 156 valence electrons. The van der Waals surface area contributed by atoms with E-state index in [4.69, 9.17) is 0 Å². The maximum atomic E-state index is 11.5. The molecule has 0 unspecified atom stereocenters. The van der Waals surface area contributed by atoms with Gasteiger partial charge in [0.2, 0.25) is 5.91 Å². The van der Waals surface area contributed by atoms with Gasteiger partial charge < -0.3 is 5.32 Å². The van der Waals surface area contributed by atoms with Gasteiger partial charge in [0.15, 0.2) is 0 Å². The van der Waals surface area contributed by atoms with E-state index in [0.29, 0.717) is 5.57 Å². The molecule has 2 rings (SSSR count). The number of amides is 1. The molecule has 1 amide bonds. The van der Waals surface area contributed by atoms with Gasteiger partial charge in [-0.1, -0.05) is 76.3 Å². The van der Waals surface area contributed by atoms with Gasteiger partial charge in [-0.05, 0) is 68.4 Å². The van der Waals surface area contributed by atoms with E-state index >= 15 is 0 Å². The molecular weight excluding hydrogens is 342 g/mol. The summed E-state index contributed by atoms with van der Waals surface area (Å²) in [4.78, 5) is 11.5. The molecule has 1 aromatic carbocycles. The molecule has 1 saturated carbocycles. The predicted octanol–water partition coefficient (Wildman–Crippen LogP) is 6.95. The second-order valence-electron chi connectivity index (χ2n) is 8.80. The summed E-state index contributed by atoms with van der Waals surface area (Å²) in [6.07, 6.45) is 16.1. The van der Waals surface area contributed by atoms with Crippen LogP contribution in [0, 0.1) is 5.92 Å². The summed E-state index contributed by atoms with van der Waals surface area (Å²) in [6, 6.07) is 9.26. The number of aryl methyl sites for hydroxylation is 1. The normalized spacial score (nSPS) is 19.4. The van der Waals surface area contributed by atoms with Crippen LogP contribution in [0.15, 0.2) is 36.4 Å². The maximum Gasteiger partial charge on any atom is 0.246 e. The number of nitrogens with one attached hydrogen (secondary N) is 1. The maximum absolute atomic E-state index is 11.5. The van der Waals surface area contributed by atoms with Crippen LogP contribution in [0.25, 0.3) is 0 Å². The minimum atomic E-state index is -0.0353. The summed E-state index contributed by atoms with van der Waals surface area (Å²) in [5.41, 5.74) is 3.48. The Labute approximate surface area is 173 Å². The van der Waals surface area contributed by atoms with Gasteiger partial charge in [0, 0.05) is 12.1 Å². The van der Waals surface area contributed by atoms with E-state index in [0.717, 1.165) is 31.2 Å². The van der Waals surface area contributed by atoms with Crippen molar-refractivity contribution in [2.45, 2.75) is 96.8 Å². The van der Waals surface area contributed by atoms with Crippen LogP contribution >= 0.6 is 0 Å². The first-order chi connectivity index (χ1) is 13.6. The van der Waals surface area contributed by atoms with Crippen molar-refractivity contribution >= 4 is 5.91 Å². The number of rotatable bonds is 12. The summed E-state index contributed by atoms with van der Waals surface area (Å²) in [6.45, 7) is 8.42. The highest BCUT2D eigenvalue weighted by molar-refractivity contribution is 5.91. The molecule has 0 heterocycles.